The van der Waals surface area contributed by atoms with Gasteiger partial charge in [-0.25, -0.2) is 0 Å². The molecule has 1 heterocycles. The summed E-state index contributed by atoms with van der Waals surface area (Å²) in [5, 5.41) is 6.65. The zero-order valence-corrected chi connectivity index (χ0v) is 18.3. The highest BCUT2D eigenvalue weighted by Gasteiger charge is 2.15. The van der Waals surface area contributed by atoms with Crippen molar-refractivity contribution in [3.05, 3.63) is 29.8 Å². The molecule has 25 heavy (non-hydrogen) atoms. The van der Waals surface area contributed by atoms with Crippen molar-refractivity contribution >= 4 is 41.7 Å². The van der Waals surface area contributed by atoms with E-state index in [9.17, 15) is 0 Å². The number of nitrogens with one attached hydrogen (secondary N) is 2. The first-order valence-corrected chi connectivity index (χ1v) is 9.77. The van der Waals surface area contributed by atoms with Gasteiger partial charge in [-0.15, -0.1) is 35.7 Å². The monoisotopic (exact) mass is 479 g/mol. The van der Waals surface area contributed by atoms with Crippen molar-refractivity contribution in [3.63, 3.8) is 0 Å². The van der Waals surface area contributed by atoms with Gasteiger partial charge in [0, 0.05) is 44.2 Å². The Morgan fingerprint density at radius 2 is 2.12 bits per heavy atom. The van der Waals surface area contributed by atoms with E-state index in [1.807, 2.05) is 0 Å². The summed E-state index contributed by atoms with van der Waals surface area (Å²) in [7, 11) is 1.79. The number of thioether (sulfide) groups is 1. The molecule has 142 valence electrons. The van der Waals surface area contributed by atoms with Gasteiger partial charge in [-0.1, -0.05) is 12.1 Å². The van der Waals surface area contributed by atoms with E-state index in [0.29, 0.717) is 5.92 Å². The highest BCUT2D eigenvalue weighted by Crippen LogP contribution is 2.14. The molecule has 0 aliphatic carbocycles. The van der Waals surface area contributed by atoms with Gasteiger partial charge in [0.2, 0.25) is 0 Å². The molecule has 1 aromatic rings. The molecular formula is C18H30IN3O2S. The fourth-order valence-corrected chi connectivity index (χ4v) is 2.90. The smallest absolute Gasteiger partial charge is 0.191 e. The van der Waals surface area contributed by atoms with Crippen LogP contribution in [0, 0.1) is 5.92 Å². The largest absolute Gasteiger partial charge is 0.381 e. The van der Waals surface area contributed by atoms with Gasteiger partial charge in [0.1, 0.15) is 0 Å². The number of rotatable bonds is 9. The zero-order valence-electron chi connectivity index (χ0n) is 15.1. The minimum Gasteiger partial charge on any atom is -0.381 e. The van der Waals surface area contributed by atoms with E-state index in [1.54, 1.807) is 18.8 Å². The van der Waals surface area contributed by atoms with Gasteiger partial charge in [0.05, 0.1) is 13.2 Å². The summed E-state index contributed by atoms with van der Waals surface area (Å²) < 4.78 is 11.0. The lowest BCUT2D eigenvalue weighted by atomic mass is 10.1. The van der Waals surface area contributed by atoms with Crippen LogP contribution in [0.1, 0.15) is 18.4 Å². The van der Waals surface area contributed by atoms with Crippen LogP contribution in [0.2, 0.25) is 0 Å². The van der Waals surface area contributed by atoms with Gasteiger partial charge in [0.25, 0.3) is 0 Å². The molecule has 2 rings (SSSR count). The molecule has 5 nitrogen and oxygen atoms in total. The molecule has 0 bridgehead atoms. The van der Waals surface area contributed by atoms with Crippen molar-refractivity contribution in [2.75, 3.05) is 46.3 Å². The number of benzene rings is 1. The van der Waals surface area contributed by atoms with Crippen molar-refractivity contribution < 1.29 is 9.47 Å². The lowest BCUT2D eigenvalue weighted by Gasteiger charge is -2.13. The van der Waals surface area contributed by atoms with Gasteiger partial charge in [-0.2, -0.15) is 0 Å². The van der Waals surface area contributed by atoms with Crippen LogP contribution in [-0.2, 0) is 16.0 Å². The third-order valence-electron chi connectivity index (χ3n) is 3.98. The molecule has 7 heteroatoms. The van der Waals surface area contributed by atoms with Crippen molar-refractivity contribution in [2.24, 2.45) is 10.9 Å². The van der Waals surface area contributed by atoms with Crippen LogP contribution in [0.4, 0.5) is 0 Å². The summed E-state index contributed by atoms with van der Waals surface area (Å²) in [6.07, 6.45) is 4.19. The molecule has 1 aliphatic heterocycles. The molecule has 2 N–H and O–H groups in total. The average Bonchev–Trinajstić information content (AvgIpc) is 3.14. The van der Waals surface area contributed by atoms with Gasteiger partial charge >= 0.3 is 0 Å². The van der Waals surface area contributed by atoms with Crippen LogP contribution in [0.5, 0.6) is 0 Å². The SMILES string of the molecule is CN=C(NCCCOCC1CCOC1)NCc1ccc(SC)cc1.I. The van der Waals surface area contributed by atoms with Crippen molar-refractivity contribution in [1.29, 1.82) is 0 Å². The maximum Gasteiger partial charge on any atom is 0.191 e. The zero-order chi connectivity index (χ0) is 17.0. The van der Waals surface area contributed by atoms with Crippen molar-refractivity contribution in [2.45, 2.75) is 24.3 Å². The van der Waals surface area contributed by atoms with Gasteiger partial charge in [0.15, 0.2) is 5.96 Å². The van der Waals surface area contributed by atoms with Crippen LogP contribution >= 0.6 is 35.7 Å². The second kappa shape index (κ2) is 13.7. The Morgan fingerprint density at radius 3 is 2.76 bits per heavy atom. The van der Waals surface area contributed by atoms with Crippen molar-refractivity contribution in [1.82, 2.24) is 10.6 Å². The third kappa shape index (κ3) is 9.12. The Hall–Kier alpha value is -0.510. The molecule has 1 fully saturated rings. The van der Waals surface area contributed by atoms with E-state index in [1.165, 1.54) is 10.5 Å². The number of ether oxygens (including phenoxy) is 2. The summed E-state index contributed by atoms with van der Waals surface area (Å²) in [5.41, 5.74) is 1.25. The van der Waals surface area contributed by atoms with E-state index >= 15 is 0 Å². The highest BCUT2D eigenvalue weighted by atomic mass is 127. The fraction of sp³-hybridized carbons (Fsp3) is 0.611. The molecule has 0 saturated carbocycles. The predicted molar refractivity (Wildman–Crippen MR) is 116 cm³/mol. The quantitative estimate of drug-likeness (QED) is 0.188. The fourth-order valence-electron chi connectivity index (χ4n) is 2.50. The Kier molecular flexibility index (Phi) is 12.3. The second-order valence-corrected chi connectivity index (χ2v) is 6.74. The van der Waals surface area contributed by atoms with E-state index in [0.717, 1.165) is 58.3 Å². The Morgan fingerprint density at radius 1 is 1.32 bits per heavy atom. The molecule has 1 atom stereocenters. The number of hydrogen-bond acceptors (Lipinski definition) is 4. The summed E-state index contributed by atoms with van der Waals surface area (Å²) in [6, 6.07) is 8.58. The summed E-state index contributed by atoms with van der Waals surface area (Å²) in [4.78, 5) is 5.53. The lowest BCUT2D eigenvalue weighted by Crippen LogP contribution is -2.37. The molecular weight excluding hydrogens is 449 g/mol. The number of nitrogens with zero attached hydrogens (tertiary/aromatic N) is 1. The average molecular weight is 479 g/mol. The molecule has 1 aromatic carbocycles. The summed E-state index contributed by atoms with van der Waals surface area (Å²) >= 11 is 1.76. The molecule has 0 amide bonds. The molecule has 1 unspecified atom stereocenters. The first-order valence-electron chi connectivity index (χ1n) is 8.54. The van der Waals surface area contributed by atoms with E-state index in [-0.39, 0.29) is 24.0 Å². The van der Waals surface area contributed by atoms with E-state index in [4.69, 9.17) is 9.47 Å². The summed E-state index contributed by atoms with van der Waals surface area (Å²) in [6.45, 7) is 4.96. The van der Waals surface area contributed by atoms with Crippen molar-refractivity contribution in [3.8, 4) is 0 Å². The van der Waals surface area contributed by atoms with E-state index in [2.05, 4.69) is 46.1 Å². The van der Waals surface area contributed by atoms with Crippen LogP contribution < -0.4 is 10.6 Å². The standard InChI is InChI=1S/C18H29N3O2S.HI/c1-19-18(21-12-15-4-6-17(24-2)7-5-15)20-9-3-10-22-13-16-8-11-23-14-16;/h4-7,16H,3,8-14H2,1-2H3,(H2,19,20,21);1H. The molecule has 1 aliphatic rings. The van der Waals surface area contributed by atoms with Gasteiger partial charge in [-0.05, 0) is 36.8 Å². The number of halogens is 1. The first-order chi connectivity index (χ1) is 11.8. The minimum absolute atomic E-state index is 0. The van der Waals surface area contributed by atoms with Crippen LogP contribution in [0.25, 0.3) is 0 Å². The lowest BCUT2D eigenvalue weighted by molar-refractivity contribution is 0.0888. The Balaban J connectivity index is 0.00000312. The van der Waals surface area contributed by atoms with Gasteiger partial charge in [-0.3, -0.25) is 4.99 Å². The number of hydrogen-bond donors (Lipinski definition) is 2. The Bertz CT molecular complexity index is 494. The predicted octanol–water partition coefficient (Wildman–Crippen LogP) is 3.13. The van der Waals surface area contributed by atoms with Gasteiger partial charge < -0.3 is 20.1 Å². The van der Waals surface area contributed by atoms with Crippen LogP contribution in [0.3, 0.4) is 0 Å². The molecule has 0 aromatic heterocycles. The maximum absolute atomic E-state index is 5.70. The highest BCUT2D eigenvalue weighted by molar-refractivity contribution is 14.0. The normalized spacial score (nSPS) is 17.2. The number of aliphatic imine (C=N–C) groups is 1. The molecule has 1 saturated heterocycles. The topological polar surface area (TPSA) is 54.9 Å². The van der Waals surface area contributed by atoms with Crippen LogP contribution in [-0.4, -0.2) is 52.2 Å². The Labute approximate surface area is 172 Å². The number of guanidine groups is 1. The molecule has 0 spiro atoms. The van der Waals surface area contributed by atoms with E-state index < -0.39 is 0 Å². The first kappa shape index (κ1) is 22.5. The molecule has 0 radical (unpaired) electrons. The summed E-state index contributed by atoms with van der Waals surface area (Å²) in [5.74, 6) is 1.41. The van der Waals surface area contributed by atoms with Crippen LogP contribution in [0.15, 0.2) is 34.2 Å². The maximum atomic E-state index is 5.70. The second-order valence-electron chi connectivity index (χ2n) is 5.86. The third-order valence-corrected chi connectivity index (χ3v) is 4.72. The minimum atomic E-state index is 0.